The van der Waals surface area contributed by atoms with Crippen molar-refractivity contribution < 1.29 is 22.3 Å². The van der Waals surface area contributed by atoms with Gasteiger partial charge in [-0.05, 0) is 43.9 Å². The molecule has 1 fully saturated rings. The zero-order valence-corrected chi connectivity index (χ0v) is 13.1. The Morgan fingerprint density at radius 1 is 1.28 bits per heavy atom. The van der Waals surface area contributed by atoms with E-state index in [-0.39, 0.29) is 29.4 Å². The lowest BCUT2D eigenvalue weighted by molar-refractivity contribution is -0.274. The second-order valence-electron chi connectivity index (χ2n) is 5.93. The summed E-state index contributed by atoms with van der Waals surface area (Å²) < 4.78 is 46.8. The number of nitrogens with zero attached hydrogens (tertiary/aromatic N) is 1. The third-order valence-corrected chi connectivity index (χ3v) is 4.02. The Balaban J connectivity index is 1.88. The number of H-pyrrole nitrogens is 1. The second-order valence-corrected chi connectivity index (χ2v) is 5.93. The van der Waals surface area contributed by atoms with Crippen molar-refractivity contribution >= 4 is 5.69 Å². The van der Waals surface area contributed by atoms with Gasteiger partial charge < -0.3 is 20.2 Å². The van der Waals surface area contributed by atoms with E-state index < -0.39 is 12.1 Å². The molecule has 4 N–H and O–H groups in total. The fraction of sp³-hybridized carbons (Fsp3) is 0.467. The minimum absolute atomic E-state index is 0.0164. The Bertz CT molecular complexity index is 779. The van der Waals surface area contributed by atoms with Gasteiger partial charge in [0.1, 0.15) is 0 Å². The van der Waals surface area contributed by atoms with E-state index in [1.807, 2.05) is 0 Å². The van der Waals surface area contributed by atoms with Gasteiger partial charge in [0.15, 0.2) is 5.75 Å². The van der Waals surface area contributed by atoms with Crippen molar-refractivity contribution in [3.05, 3.63) is 28.7 Å². The van der Waals surface area contributed by atoms with Gasteiger partial charge in [0.05, 0.1) is 5.69 Å². The van der Waals surface area contributed by atoms with Crippen molar-refractivity contribution in [2.45, 2.75) is 44.1 Å². The first kappa shape index (κ1) is 17.3. The molecule has 1 aromatic carbocycles. The molecule has 7 nitrogen and oxygen atoms in total. The van der Waals surface area contributed by atoms with E-state index in [0.717, 1.165) is 31.7 Å². The molecule has 2 aromatic rings. The molecular weight excluding hydrogens is 341 g/mol. The molecule has 1 heterocycles. The predicted molar refractivity (Wildman–Crippen MR) is 83.1 cm³/mol. The summed E-state index contributed by atoms with van der Waals surface area (Å²) in [5, 5.41) is 8.86. The van der Waals surface area contributed by atoms with Crippen LogP contribution >= 0.6 is 0 Å². The van der Waals surface area contributed by atoms with Crippen LogP contribution < -0.4 is 21.5 Å². The topological polar surface area (TPSA) is 106 Å². The maximum atomic E-state index is 12.6. The maximum Gasteiger partial charge on any atom is 0.573 e. The number of ether oxygens (including phenoxy) is 1. The van der Waals surface area contributed by atoms with E-state index in [4.69, 9.17) is 10.2 Å². The zero-order valence-electron chi connectivity index (χ0n) is 13.1. The molecule has 0 spiro atoms. The number of halogens is 3. The van der Waals surface area contributed by atoms with Crippen molar-refractivity contribution in [3.63, 3.8) is 0 Å². The van der Waals surface area contributed by atoms with Crippen molar-refractivity contribution in [2.24, 2.45) is 5.73 Å². The first-order valence-electron chi connectivity index (χ1n) is 7.78. The second kappa shape index (κ2) is 6.79. The Morgan fingerprint density at radius 3 is 2.60 bits per heavy atom. The summed E-state index contributed by atoms with van der Waals surface area (Å²) in [7, 11) is 0. The Kier molecular flexibility index (Phi) is 4.71. The summed E-state index contributed by atoms with van der Waals surface area (Å²) in [5.41, 5.74) is 6.35. The Morgan fingerprint density at radius 2 is 2.00 bits per heavy atom. The fourth-order valence-electron chi connectivity index (χ4n) is 2.83. The van der Waals surface area contributed by atoms with Crippen LogP contribution in [0.2, 0.25) is 0 Å². The van der Waals surface area contributed by atoms with Gasteiger partial charge in [-0.15, -0.1) is 18.3 Å². The highest BCUT2D eigenvalue weighted by Gasteiger charge is 2.32. The Hall–Kier alpha value is -2.49. The van der Waals surface area contributed by atoms with E-state index in [2.05, 4.69) is 20.3 Å². The highest BCUT2D eigenvalue weighted by Crippen LogP contribution is 2.35. The van der Waals surface area contributed by atoms with Crippen LogP contribution in [0.15, 0.2) is 27.4 Å². The lowest BCUT2D eigenvalue weighted by Gasteiger charge is -2.28. The minimum Gasteiger partial charge on any atom is -0.404 e. The highest BCUT2D eigenvalue weighted by atomic mass is 19.4. The third-order valence-electron chi connectivity index (χ3n) is 4.02. The fourth-order valence-corrected chi connectivity index (χ4v) is 2.83. The van der Waals surface area contributed by atoms with Crippen LogP contribution in [0.4, 0.5) is 18.9 Å². The lowest BCUT2D eigenvalue weighted by Crippen LogP contribution is -2.33. The van der Waals surface area contributed by atoms with E-state index in [9.17, 15) is 18.0 Å². The van der Waals surface area contributed by atoms with Gasteiger partial charge >= 0.3 is 12.1 Å². The molecule has 0 unspecified atom stereocenters. The van der Waals surface area contributed by atoms with E-state index in [1.54, 1.807) is 0 Å². The van der Waals surface area contributed by atoms with Gasteiger partial charge in [-0.3, -0.25) is 0 Å². The molecule has 25 heavy (non-hydrogen) atoms. The van der Waals surface area contributed by atoms with Crippen molar-refractivity contribution in [1.82, 2.24) is 10.2 Å². The van der Waals surface area contributed by atoms with Gasteiger partial charge in [-0.25, -0.2) is 9.89 Å². The van der Waals surface area contributed by atoms with Crippen LogP contribution in [0.1, 0.15) is 25.7 Å². The van der Waals surface area contributed by atoms with Crippen LogP contribution in [-0.2, 0) is 0 Å². The lowest BCUT2D eigenvalue weighted by atomic mass is 9.91. The number of aromatic nitrogens is 2. The molecule has 0 amide bonds. The number of anilines is 1. The van der Waals surface area contributed by atoms with Crippen LogP contribution in [0.3, 0.4) is 0 Å². The predicted octanol–water partition coefficient (Wildman–Crippen LogP) is 2.61. The van der Waals surface area contributed by atoms with Crippen molar-refractivity contribution in [3.8, 4) is 17.2 Å². The third kappa shape index (κ3) is 4.53. The van der Waals surface area contributed by atoms with Crippen LogP contribution in [0.25, 0.3) is 11.5 Å². The molecule has 0 saturated heterocycles. The highest BCUT2D eigenvalue weighted by molar-refractivity contribution is 5.67. The van der Waals surface area contributed by atoms with Gasteiger partial charge in [0.2, 0.25) is 5.89 Å². The summed E-state index contributed by atoms with van der Waals surface area (Å²) in [5.74, 6) is -1.12. The number of aromatic amines is 1. The summed E-state index contributed by atoms with van der Waals surface area (Å²) in [6, 6.07) is 4.01. The molecule has 0 radical (unpaired) electrons. The molecule has 1 aliphatic carbocycles. The maximum absolute atomic E-state index is 12.6. The number of benzene rings is 1. The van der Waals surface area contributed by atoms with Crippen LogP contribution in [0.5, 0.6) is 5.75 Å². The average molecular weight is 358 g/mol. The molecule has 0 bridgehead atoms. The average Bonchev–Trinajstić information content (AvgIpc) is 2.96. The zero-order chi connectivity index (χ0) is 18.0. The number of nitrogens with two attached hydrogens (primary N) is 1. The number of hydrogen-bond donors (Lipinski definition) is 3. The summed E-state index contributed by atoms with van der Waals surface area (Å²) >= 11 is 0. The SMILES string of the molecule is N[C@H]1CC[C@H](Nc2cc(-c3n[nH]c(=O)o3)ccc2OC(F)(F)F)CC1. The molecule has 0 atom stereocenters. The normalized spacial score (nSPS) is 21.1. The minimum atomic E-state index is -4.81. The number of hydrogen-bond acceptors (Lipinski definition) is 6. The van der Waals surface area contributed by atoms with Gasteiger partial charge in [0.25, 0.3) is 0 Å². The van der Waals surface area contributed by atoms with Crippen LogP contribution in [0, 0.1) is 0 Å². The number of alkyl halides is 3. The smallest absolute Gasteiger partial charge is 0.404 e. The van der Waals surface area contributed by atoms with Gasteiger partial charge in [0, 0.05) is 17.6 Å². The molecule has 1 aromatic heterocycles. The first-order chi connectivity index (χ1) is 11.8. The number of rotatable bonds is 4. The standard InChI is InChI=1S/C15H17F3N4O3/c16-15(17,18)25-12-6-1-8(13-21-22-14(23)24-13)7-11(12)20-10-4-2-9(19)3-5-10/h1,6-7,9-10,20H,2-5,19H2,(H,22,23)/t9-,10-. The molecule has 1 aliphatic rings. The van der Waals surface area contributed by atoms with Gasteiger partial charge in [-0.2, -0.15) is 0 Å². The van der Waals surface area contributed by atoms with Crippen molar-refractivity contribution in [1.29, 1.82) is 0 Å². The largest absolute Gasteiger partial charge is 0.573 e. The molecule has 136 valence electrons. The number of nitrogens with one attached hydrogen (secondary N) is 2. The van der Waals surface area contributed by atoms with Crippen molar-refractivity contribution in [2.75, 3.05) is 5.32 Å². The van der Waals surface area contributed by atoms with E-state index >= 15 is 0 Å². The molecule has 0 aliphatic heterocycles. The first-order valence-corrected chi connectivity index (χ1v) is 7.78. The Labute approximate surface area is 140 Å². The molecule has 10 heteroatoms. The summed E-state index contributed by atoms with van der Waals surface area (Å²) in [6.45, 7) is 0. The van der Waals surface area contributed by atoms with Crippen LogP contribution in [-0.4, -0.2) is 28.6 Å². The molecule has 1 saturated carbocycles. The summed E-state index contributed by atoms with van der Waals surface area (Å²) in [4.78, 5) is 11.1. The van der Waals surface area contributed by atoms with E-state index in [1.165, 1.54) is 12.1 Å². The monoisotopic (exact) mass is 358 g/mol. The molecular formula is C15H17F3N4O3. The van der Waals surface area contributed by atoms with Gasteiger partial charge in [-0.1, -0.05) is 0 Å². The quantitative estimate of drug-likeness (QED) is 0.776. The van der Waals surface area contributed by atoms with E-state index in [0.29, 0.717) is 5.56 Å². The summed E-state index contributed by atoms with van der Waals surface area (Å²) in [6.07, 6.45) is -1.74. The molecule has 3 rings (SSSR count).